The molecule has 29 heavy (non-hydrogen) atoms. The molecule has 0 bridgehead atoms. The van der Waals surface area contributed by atoms with Gasteiger partial charge in [-0.2, -0.15) is 0 Å². The Morgan fingerprint density at radius 2 is 1.90 bits per heavy atom. The number of hydrogen-bond acceptors (Lipinski definition) is 5. The minimum Gasteiger partial charge on any atom is -0.329 e. The van der Waals surface area contributed by atoms with Crippen LogP contribution >= 0.6 is 11.3 Å². The van der Waals surface area contributed by atoms with Gasteiger partial charge in [-0.1, -0.05) is 41.2 Å². The summed E-state index contributed by atoms with van der Waals surface area (Å²) in [5.74, 6) is -1.26. The number of nitrogens with one attached hydrogen (secondary N) is 1. The second-order valence-electron chi connectivity index (χ2n) is 6.90. The topological polar surface area (TPSA) is 75.2 Å². The Kier molecular flexibility index (Phi) is 5.35. The number of likely N-dealkylation sites (tertiary alicyclic amines) is 1. The summed E-state index contributed by atoms with van der Waals surface area (Å²) in [5.41, 5.74) is 1.82. The lowest BCUT2D eigenvalue weighted by Gasteiger charge is -2.23. The van der Waals surface area contributed by atoms with E-state index in [4.69, 9.17) is 0 Å². The Morgan fingerprint density at radius 1 is 1.14 bits per heavy atom. The summed E-state index contributed by atoms with van der Waals surface area (Å²) >= 11 is 1.16. The molecule has 0 aliphatic carbocycles. The smallest absolute Gasteiger partial charge is 0.286 e. The van der Waals surface area contributed by atoms with E-state index in [9.17, 15) is 14.0 Å². The highest BCUT2D eigenvalue weighted by Gasteiger charge is 2.34. The molecule has 6 nitrogen and oxygen atoms in total. The lowest BCUT2D eigenvalue weighted by Crippen LogP contribution is -2.31. The molecule has 1 saturated heterocycles. The minimum absolute atomic E-state index is 0.0428. The molecule has 1 aromatic heterocycles. The first-order chi connectivity index (χ1) is 14.0. The summed E-state index contributed by atoms with van der Waals surface area (Å²) in [5, 5.41) is 11.8. The number of halogens is 1. The third-order valence-corrected chi connectivity index (χ3v) is 5.87. The number of aryl methyl sites for hydroxylation is 1. The number of aromatic nitrogens is 2. The maximum Gasteiger partial charge on any atom is 0.286 e. The van der Waals surface area contributed by atoms with Crippen LogP contribution in [0.2, 0.25) is 0 Å². The normalized spacial score (nSPS) is 16.1. The molecule has 0 radical (unpaired) electrons. The Bertz CT molecular complexity index is 1050. The van der Waals surface area contributed by atoms with Gasteiger partial charge in [-0.05, 0) is 44.0 Å². The lowest BCUT2D eigenvalue weighted by molar-refractivity contribution is 0.0730. The fourth-order valence-electron chi connectivity index (χ4n) is 3.34. The highest BCUT2D eigenvalue weighted by atomic mass is 32.1. The third kappa shape index (κ3) is 4.02. The summed E-state index contributed by atoms with van der Waals surface area (Å²) in [6.45, 7) is 2.49. The van der Waals surface area contributed by atoms with Gasteiger partial charge in [-0.3, -0.25) is 9.59 Å². The fourth-order valence-corrected chi connectivity index (χ4v) is 4.22. The molecule has 1 N–H and O–H groups in total. The minimum atomic E-state index is -0.543. The summed E-state index contributed by atoms with van der Waals surface area (Å²) in [6, 6.07) is 13.1. The molecule has 8 heteroatoms. The van der Waals surface area contributed by atoms with Gasteiger partial charge in [0.2, 0.25) is 5.01 Å². The Balaban J connectivity index is 1.50. The first kappa shape index (κ1) is 19.2. The monoisotopic (exact) mass is 410 g/mol. The summed E-state index contributed by atoms with van der Waals surface area (Å²) in [4.78, 5) is 26.9. The van der Waals surface area contributed by atoms with Crippen LogP contribution in [0.1, 0.15) is 49.6 Å². The predicted molar refractivity (Wildman–Crippen MR) is 108 cm³/mol. The zero-order valence-electron chi connectivity index (χ0n) is 15.8. The number of hydrogen-bond donors (Lipinski definition) is 1. The summed E-state index contributed by atoms with van der Waals surface area (Å²) < 4.78 is 14.0. The van der Waals surface area contributed by atoms with Crippen molar-refractivity contribution in [2.45, 2.75) is 25.8 Å². The van der Waals surface area contributed by atoms with Crippen LogP contribution in [0.4, 0.5) is 10.1 Å². The van der Waals surface area contributed by atoms with Crippen LogP contribution < -0.4 is 5.32 Å². The van der Waals surface area contributed by atoms with E-state index in [2.05, 4.69) is 15.5 Å². The number of amides is 2. The highest BCUT2D eigenvalue weighted by Crippen LogP contribution is 2.35. The highest BCUT2D eigenvalue weighted by molar-refractivity contribution is 7.13. The summed E-state index contributed by atoms with van der Waals surface area (Å²) in [6.07, 6.45) is 1.49. The number of nitrogens with zero attached hydrogens (tertiary/aromatic N) is 3. The first-order valence-electron chi connectivity index (χ1n) is 9.30. The Morgan fingerprint density at radius 3 is 2.66 bits per heavy atom. The largest absolute Gasteiger partial charge is 0.329 e. The van der Waals surface area contributed by atoms with Crippen molar-refractivity contribution in [2.24, 2.45) is 0 Å². The molecular weight excluding hydrogens is 391 g/mol. The molecule has 1 fully saturated rings. The molecule has 0 spiro atoms. The zero-order valence-corrected chi connectivity index (χ0v) is 16.6. The number of rotatable bonds is 4. The third-order valence-electron chi connectivity index (χ3n) is 4.85. The average molecular weight is 410 g/mol. The number of anilines is 1. The van der Waals surface area contributed by atoms with Gasteiger partial charge in [0.15, 0.2) is 0 Å². The van der Waals surface area contributed by atoms with Gasteiger partial charge >= 0.3 is 0 Å². The van der Waals surface area contributed by atoms with E-state index < -0.39 is 5.82 Å². The van der Waals surface area contributed by atoms with E-state index >= 15 is 0 Å². The average Bonchev–Trinajstić information content (AvgIpc) is 3.39. The van der Waals surface area contributed by atoms with Gasteiger partial charge in [0.1, 0.15) is 10.8 Å². The quantitative estimate of drug-likeness (QED) is 0.699. The van der Waals surface area contributed by atoms with Crippen molar-refractivity contribution >= 4 is 28.8 Å². The van der Waals surface area contributed by atoms with E-state index in [0.29, 0.717) is 23.7 Å². The van der Waals surface area contributed by atoms with Crippen molar-refractivity contribution in [1.82, 2.24) is 15.1 Å². The maximum absolute atomic E-state index is 14.0. The summed E-state index contributed by atoms with van der Waals surface area (Å²) in [7, 11) is 0. The molecule has 2 aromatic carbocycles. The van der Waals surface area contributed by atoms with Crippen LogP contribution in [-0.2, 0) is 0 Å². The molecule has 148 valence electrons. The van der Waals surface area contributed by atoms with Crippen molar-refractivity contribution in [3.05, 3.63) is 75.5 Å². The molecule has 1 aliphatic heterocycles. The van der Waals surface area contributed by atoms with Gasteiger partial charge in [0, 0.05) is 12.2 Å². The van der Waals surface area contributed by atoms with E-state index in [1.54, 1.807) is 17.0 Å². The molecule has 3 aromatic rings. The van der Waals surface area contributed by atoms with E-state index in [1.165, 1.54) is 12.1 Å². The maximum atomic E-state index is 14.0. The van der Waals surface area contributed by atoms with Crippen LogP contribution in [-0.4, -0.2) is 33.5 Å². The molecule has 0 unspecified atom stereocenters. The Labute approximate surface area is 171 Å². The zero-order chi connectivity index (χ0) is 20.4. The molecule has 1 aliphatic rings. The van der Waals surface area contributed by atoms with Crippen molar-refractivity contribution in [3.63, 3.8) is 0 Å². The molecule has 0 saturated carbocycles. The lowest BCUT2D eigenvalue weighted by atomic mass is 10.1. The number of benzene rings is 2. The van der Waals surface area contributed by atoms with Crippen LogP contribution in [0.3, 0.4) is 0 Å². The molecular formula is C21H19FN4O2S. The molecule has 2 heterocycles. The standard InChI is InChI=1S/C21H19FN4O2S/c1-13-8-10-14(11-9-13)23-18(27)20-25-24-19(29-20)17-7-4-12-26(17)21(28)15-5-2-3-6-16(15)22/h2-3,5-6,8-11,17H,4,7,12H2,1H3,(H,23,27)/t17-/m1/s1. The number of carbonyl (C=O) groups excluding carboxylic acids is 2. The van der Waals surface area contributed by atoms with E-state index in [1.807, 2.05) is 31.2 Å². The van der Waals surface area contributed by atoms with Gasteiger partial charge in [-0.25, -0.2) is 4.39 Å². The van der Waals surface area contributed by atoms with E-state index in [-0.39, 0.29) is 28.4 Å². The van der Waals surface area contributed by atoms with Crippen LogP contribution in [0.5, 0.6) is 0 Å². The first-order valence-corrected chi connectivity index (χ1v) is 10.1. The van der Waals surface area contributed by atoms with Crippen LogP contribution in [0.25, 0.3) is 0 Å². The van der Waals surface area contributed by atoms with Gasteiger partial charge in [0.05, 0.1) is 11.6 Å². The van der Waals surface area contributed by atoms with Crippen LogP contribution in [0.15, 0.2) is 48.5 Å². The Hall–Kier alpha value is -3.13. The molecule has 2 amide bonds. The van der Waals surface area contributed by atoms with E-state index in [0.717, 1.165) is 23.3 Å². The molecule has 4 rings (SSSR count). The molecule has 1 atom stereocenters. The van der Waals surface area contributed by atoms with Gasteiger partial charge in [0.25, 0.3) is 11.8 Å². The second-order valence-corrected chi connectivity index (χ2v) is 7.91. The van der Waals surface area contributed by atoms with Crippen molar-refractivity contribution in [2.75, 3.05) is 11.9 Å². The van der Waals surface area contributed by atoms with Gasteiger partial charge in [-0.15, -0.1) is 10.2 Å². The van der Waals surface area contributed by atoms with Crippen LogP contribution in [0, 0.1) is 12.7 Å². The predicted octanol–water partition coefficient (Wildman–Crippen LogP) is 4.22. The van der Waals surface area contributed by atoms with Crippen molar-refractivity contribution in [1.29, 1.82) is 0 Å². The van der Waals surface area contributed by atoms with Crippen molar-refractivity contribution in [3.8, 4) is 0 Å². The number of carbonyl (C=O) groups is 2. The fraction of sp³-hybridized carbons (Fsp3) is 0.238. The second kappa shape index (κ2) is 8.08. The van der Waals surface area contributed by atoms with Crippen molar-refractivity contribution < 1.29 is 14.0 Å². The van der Waals surface area contributed by atoms with Gasteiger partial charge < -0.3 is 10.2 Å². The SMILES string of the molecule is Cc1ccc(NC(=O)c2nnc([C@H]3CCCN3C(=O)c3ccccc3F)s2)cc1.